The minimum absolute atomic E-state index is 0.0498. The van der Waals surface area contributed by atoms with Crippen LogP contribution >= 0.6 is 0 Å². The molecule has 4 heterocycles. The first-order valence-corrected chi connectivity index (χ1v) is 10.7. The van der Waals surface area contributed by atoms with E-state index in [0.717, 1.165) is 12.8 Å². The number of carbonyl (C=O) groups excluding carboxylic acids is 1. The first kappa shape index (κ1) is 21.0. The van der Waals surface area contributed by atoms with Crippen LogP contribution in [0.2, 0.25) is 0 Å². The topological polar surface area (TPSA) is 101 Å². The van der Waals surface area contributed by atoms with Crippen LogP contribution in [0.4, 0.5) is 4.39 Å². The Bertz CT molecular complexity index is 1470. The normalized spacial score (nSPS) is 15.8. The average Bonchev–Trinajstić information content (AvgIpc) is 3.35. The van der Waals surface area contributed by atoms with Gasteiger partial charge in [-0.05, 0) is 48.7 Å². The summed E-state index contributed by atoms with van der Waals surface area (Å²) in [7, 11) is 0. The predicted molar refractivity (Wildman–Crippen MR) is 120 cm³/mol. The highest BCUT2D eigenvalue weighted by molar-refractivity contribution is 5.96. The van der Waals surface area contributed by atoms with E-state index in [0.29, 0.717) is 24.4 Å². The predicted octanol–water partition coefficient (Wildman–Crippen LogP) is 2.22. The van der Waals surface area contributed by atoms with Gasteiger partial charge in [-0.25, -0.2) is 9.37 Å². The average molecular weight is 447 g/mol. The van der Waals surface area contributed by atoms with E-state index in [1.54, 1.807) is 36.5 Å². The number of carbonyl (C=O) groups is 1. The third-order valence-corrected chi connectivity index (χ3v) is 5.83. The third kappa shape index (κ3) is 4.03. The lowest BCUT2D eigenvalue weighted by Crippen LogP contribution is -2.38. The lowest BCUT2D eigenvalue weighted by molar-refractivity contribution is 0.0856. The van der Waals surface area contributed by atoms with E-state index < -0.39 is 5.91 Å². The fourth-order valence-electron chi connectivity index (χ4n) is 4.09. The Hall–Kier alpha value is -3.85. The van der Waals surface area contributed by atoms with Gasteiger partial charge in [0.1, 0.15) is 22.6 Å². The number of benzene rings is 1. The van der Waals surface area contributed by atoms with Gasteiger partial charge in [-0.2, -0.15) is 0 Å². The van der Waals surface area contributed by atoms with Crippen LogP contribution in [0.5, 0.6) is 0 Å². The van der Waals surface area contributed by atoms with Crippen molar-refractivity contribution in [2.24, 2.45) is 0 Å². The molecular weight excluding hydrogens is 425 g/mol. The highest BCUT2D eigenvalue weighted by atomic mass is 19.1. The summed E-state index contributed by atoms with van der Waals surface area (Å²) in [5.41, 5.74) is 1.08. The van der Waals surface area contributed by atoms with Crippen LogP contribution in [-0.4, -0.2) is 39.1 Å². The number of nitrogens with one attached hydrogen (secondary N) is 2. The fraction of sp³-hybridized carbons (Fsp3) is 0.250. The van der Waals surface area contributed by atoms with E-state index in [4.69, 9.17) is 10.1 Å². The maximum Gasteiger partial charge on any atom is 0.267 e. The number of rotatable bonds is 5. The third-order valence-electron chi connectivity index (χ3n) is 5.83. The smallest absolute Gasteiger partial charge is 0.267 e. The molecule has 0 radical (unpaired) electrons. The SMILES string of the molecule is N=c1c(C(=O)NC[C@H]2CCCO2)cc2c(=O)n3ccccc3nc2n1Cc1ccc(F)cc1. The minimum Gasteiger partial charge on any atom is -0.376 e. The van der Waals surface area contributed by atoms with E-state index >= 15 is 0 Å². The molecule has 1 fully saturated rings. The number of pyridine rings is 2. The van der Waals surface area contributed by atoms with E-state index in [1.807, 2.05) is 0 Å². The van der Waals surface area contributed by atoms with Gasteiger partial charge in [-0.1, -0.05) is 18.2 Å². The second-order valence-corrected chi connectivity index (χ2v) is 8.05. The first-order valence-electron chi connectivity index (χ1n) is 10.7. The Labute approximate surface area is 187 Å². The van der Waals surface area contributed by atoms with Crippen molar-refractivity contribution in [1.29, 1.82) is 5.41 Å². The Morgan fingerprint density at radius 2 is 2.06 bits per heavy atom. The van der Waals surface area contributed by atoms with Crippen molar-refractivity contribution in [3.63, 3.8) is 0 Å². The summed E-state index contributed by atoms with van der Waals surface area (Å²) in [5.74, 6) is -0.827. The zero-order valence-corrected chi connectivity index (χ0v) is 17.8. The highest BCUT2D eigenvalue weighted by Gasteiger charge is 2.20. The molecular formula is C24H22FN5O3. The van der Waals surface area contributed by atoms with Crippen molar-refractivity contribution >= 4 is 22.6 Å². The maximum atomic E-state index is 13.4. The molecule has 9 heteroatoms. The summed E-state index contributed by atoms with van der Waals surface area (Å²) in [6, 6.07) is 12.5. The molecule has 3 aromatic heterocycles. The van der Waals surface area contributed by atoms with Gasteiger partial charge < -0.3 is 14.6 Å². The molecule has 1 aliphatic heterocycles. The van der Waals surface area contributed by atoms with Crippen molar-refractivity contribution in [3.05, 3.63) is 87.5 Å². The summed E-state index contributed by atoms with van der Waals surface area (Å²) < 4.78 is 21.9. The van der Waals surface area contributed by atoms with Gasteiger partial charge in [-0.15, -0.1) is 0 Å². The number of amides is 1. The Morgan fingerprint density at radius 3 is 2.82 bits per heavy atom. The molecule has 8 nitrogen and oxygen atoms in total. The van der Waals surface area contributed by atoms with Gasteiger partial charge in [0.2, 0.25) is 0 Å². The van der Waals surface area contributed by atoms with Crippen LogP contribution in [0.15, 0.2) is 59.5 Å². The first-order chi connectivity index (χ1) is 16.0. The van der Waals surface area contributed by atoms with E-state index in [1.165, 1.54) is 27.2 Å². The van der Waals surface area contributed by atoms with E-state index in [2.05, 4.69) is 10.3 Å². The molecule has 1 aromatic carbocycles. The molecule has 2 N–H and O–H groups in total. The Kier molecular flexibility index (Phi) is 5.47. The zero-order chi connectivity index (χ0) is 22.9. The Balaban J connectivity index is 1.66. The quantitative estimate of drug-likeness (QED) is 0.458. The van der Waals surface area contributed by atoms with Gasteiger partial charge in [0, 0.05) is 19.3 Å². The van der Waals surface area contributed by atoms with Gasteiger partial charge in [-0.3, -0.25) is 19.4 Å². The zero-order valence-electron chi connectivity index (χ0n) is 17.8. The molecule has 168 valence electrons. The number of halogens is 1. The van der Waals surface area contributed by atoms with Crippen molar-refractivity contribution in [2.45, 2.75) is 25.5 Å². The molecule has 0 spiro atoms. The molecule has 0 unspecified atom stereocenters. The standard InChI is InChI=1S/C24H22FN5O3/c25-16-8-6-15(7-9-16)14-30-21(26)18(23(31)27-13-17-4-3-11-33-17)12-19-22(30)28-20-5-1-2-10-29(20)24(19)32/h1-2,5-10,12,17,26H,3-4,11,13-14H2,(H,27,31)/t17-/m1/s1. The second-order valence-electron chi connectivity index (χ2n) is 8.05. The molecule has 1 aliphatic rings. The number of fused-ring (bicyclic) bond motifs is 2. The largest absolute Gasteiger partial charge is 0.376 e. The lowest BCUT2D eigenvalue weighted by Gasteiger charge is -2.16. The van der Waals surface area contributed by atoms with Crippen LogP contribution in [0.3, 0.4) is 0 Å². The van der Waals surface area contributed by atoms with Crippen molar-refractivity contribution in [1.82, 2.24) is 19.3 Å². The van der Waals surface area contributed by atoms with Crippen LogP contribution in [0, 0.1) is 11.2 Å². The summed E-state index contributed by atoms with van der Waals surface area (Å²) in [4.78, 5) is 30.9. The summed E-state index contributed by atoms with van der Waals surface area (Å²) in [5, 5.41) is 11.8. The molecule has 33 heavy (non-hydrogen) atoms. The number of aromatic nitrogens is 3. The molecule has 5 rings (SSSR count). The Morgan fingerprint density at radius 1 is 1.24 bits per heavy atom. The van der Waals surface area contributed by atoms with Crippen molar-refractivity contribution < 1.29 is 13.9 Å². The van der Waals surface area contributed by atoms with Crippen molar-refractivity contribution in [2.75, 3.05) is 13.2 Å². The fourth-order valence-corrected chi connectivity index (χ4v) is 4.09. The summed E-state index contributed by atoms with van der Waals surface area (Å²) in [6.07, 6.45) is 3.38. The summed E-state index contributed by atoms with van der Waals surface area (Å²) in [6.45, 7) is 1.16. The molecule has 1 saturated heterocycles. The number of hydrogen-bond acceptors (Lipinski definition) is 5. The monoisotopic (exact) mass is 447 g/mol. The summed E-state index contributed by atoms with van der Waals surface area (Å²) >= 11 is 0. The molecule has 0 saturated carbocycles. The lowest BCUT2D eigenvalue weighted by atomic mass is 10.1. The van der Waals surface area contributed by atoms with Gasteiger partial charge >= 0.3 is 0 Å². The highest BCUT2D eigenvalue weighted by Crippen LogP contribution is 2.14. The molecule has 0 bridgehead atoms. The van der Waals surface area contributed by atoms with E-state index in [9.17, 15) is 14.0 Å². The van der Waals surface area contributed by atoms with E-state index in [-0.39, 0.29) is 46.1 Å². The van der Waals surface area contributed by atoms with Crippen LogP contribution in [0.1, 0.15) is 28.8 Å². The number of ether oxygens (including phenoxy) is 1. The molecule has 1 atom stereocenters. The number of nitrogens with zero attached hydrogens (tertiary/aromatic N) is 3. The van der Waals surface area contributed by atoms with Crippen LogP contribution in [0.25, 0.3) is 16.7 Å². The molecule has 1 amide bonds. The molecule has 0 aliphatic carbocycles. The molecule has 4 aromatic rings. The van der Waals surface area contributed by atoms with Gasteiger partial charge in [0.15, 0.2) is 0 Å². The maximum absolute atomic E-state index is 13.4. The second kappa shape index (κ2) is 8.59. The van der Waals surface area contributed by atoms with Gasteiger partial charge in [0.05, 0.1) is 23.6 Å². The minimum atomic E-state index is -0.456. The van der Waals surface area contributed by atoms with Gasteiger partial charge in [0.25, 0.3) is 11.5 Å². The number of hydrogen-bond donors (Lipinski definition) is 2. The van der Waals surface area contributed by atoms with Crippen LogP contribution in [-0.2, 0) is 11.3 Å². The van der Waals surface area contributed by atoms with Crippen LogP contribution < -0.4 is 16.4 Å². The van der Waals surface area contributed by atoms with Crippen molar-refractivity contribution in [3.8, 4) is 0 Å².